The van der Waals surface area contributed by atoms with Crippen LogP contribution in [0.1, 0.15) is 9.67 Å². The summed E-state index contributed by atoms with van der Waals surface area (Å²) in [5.74, 6) is 0.349. The zero-order valence-electron chi connectivity index (χ0n) is 12.7. The number of nitrogens with zero attached hydrogens (tertiary/aromatic N) is 3. The Morgan fingerprint density at radius 1 is 1.16 bits per heavy atom. The summed E-state index contributed by atoms with van der Waals surface area (Å²) in [6.45, 7) is 0. The van der Waals surface area contributed by atoms with Crippen molar-refractivity contribution in [2.45, 2.75) is 5.22 Å². The predicted octanol–water partition coefficient (Wildman–Crippen LogP) is 4.03. The number of hydrogen-bond donors (Lipinski definition) is 1. The van der Waals surface area contributed by atoms with Crippen molar-refractivity contribution in [2.24, 2.45) is 0 Å². The van der Waals surface area contributed by atoms with E-state index in [2.05, 4.69) is 15.2 Å². The molecule has 0 unspecified atom stereocenters. The summed E-state index contributed by atoms with van der Waals surface area (Å²) in [5.41, 5.74) is 0.767. The van der Waals surface area contributed by atoms with Gasteiger partial charge >= 0.3 is 0 Å². The van der Waals surface area contributed by atoms with Gasteiger partial charge in [-0.1, -0.05) is 23.9 Å². The highest BCUT2D eigenvalue weighted by Crippen LogP contribution is 2.37. The molecule has 4 aromatic rings. The Kier molecular flexibility index (Phi) is 4.21. The van der Waals surface area contributed by atoms with Crippen molar-refractivity contribution in [1.82, 2.24) is 15.2 Å². The lowest BCUT2D eigenvalue weighted by molar-refractivity contribution is 0.102. The number of hydrogen-bond acceptors (Lipinski definition) is 8. The molecule has 25 heavy (non-hydrogen) atoms. The Labute approximate surface area is 150 Å². The van der Waals surface area contributed by atoms with E-state index >= 15 is 0 Å². The standard InChI is InChI=1S/C17H11N3O3S2/c21-12(15-14(22)11-3-1-2-4-13(11)25-15)9-24-17-20-19-16(23-17)10-5-7-18-8-6-10/h1-8,22H,9H2. The van der Waals surface area contributed by atoms with Crippen molar-refractivity contribution >= 4 is 39.0 Å². The molecule has 0 aliphatic rings. The number of fused-ring (bicyclic) bond motifs is 1. The molecule has 3 aromatic heterocycles. The van der Waals surface area contributed by atoms with E-state index in [9.17, 15) is 9.90 Å². The van der Waals surface area contributed by atoms with Gasteiger partial charge < -0.3 is 9.52 Å². The summed E-state index contributed by atoms with van der Waals surface area (Å²) in [7, 11) is 0. The van der Waals surface area contributed by atoms with Crippen LogP contribution in [0, 0.1) is 0 Å². The van der Waals surface area contributed by atoms with Gasteiger partial charge in [-0.3, -0.25) is 9.78 Å². The molecule has 124 valence electrons. The lowest BCUT2D eigenvalue weighted by atomic mass is 10.2. The van der Waals surface area contributed by atoms with E-state index in [4.69, 9.17) is 4.42 Å². The number of aromatic hydroxyl groups is 1. The van der Waals surface area contributed by atoms with Crippen molar-refractivity contribution in [3.63, 3.8) is 0 Å². The summed E-state index contributed by atoms with van der Waals surface area (Å²) >= 11 is 2.43. The van der Waals surface area contributed by atoms with Gasteiger partial charge in [-0.2, -0.15) is 0 Å². The monoisotopic (exact) mass is 369 g/mol. The highest BCUT2D eigenvalue weighted by Gasteiger charge is 2.19. The van der Waals surface area contributed by atoms with E-state index in [1.807, 2.05) is 18.2 Å². The Bertz CT molecular complexity index is 1040. The number of aromatic nitrogens is 3. The minimum atomic E-state index is -0.174. The Morgan fingerprint density at radius 3 is 2.76 bits per heavy atom. The quantitative estimate of drug-likeness (QED) is 0.420. The molecule has 3 heterocycles. The van der Waals surface area contributed by atoms with Gasteiger partial charge in [0.05, 0.1) is 5.75 Å². The summed E-state index contributed by atoms with van der Waals surface area (Å²) in [6, 6.07) is 10.9. The van der Waals surface area contributed by atoms with Gasteiger partial charge in [-0.25, -0.2) is 0 Å². The maximum atomic E-state index is 12.4. The van der Waals surface area contributed by atoms with Crippen LogP contribution in [-0.4, -0.2) is 31.8 Å². The van der Waals surface area contributed by atoms with Crippen LogP contribution >= 0.6 is 23.1 Å². The molecular formula is C17H11N3O3S2. The van der Waals surface area contributed by atoms with Crippen LogP contribution in [0.25, 0.3) is 21.5 Å². The molecular weight excluding hydrogens is 358 g/mol. The summed E-state index contributed by atoms with van der Waals surface area (Å²) in [4.78, 5) is 16.7. The average molecular weight is 369 g/mol. The van der Waals surface area contributed by atoms with Gasteiger partial charge in [0, 0.05) is 28.0 Å². The van der Waals surface area contributed by atoms with E-state index in [0.717, 1.165) is 22.0 Å². The number of benzene rings is 1. The fourth-order valence-electron chi connectivity index (χ4n) is 2.29. The SMILES string of the molecule is O=C(CSc1nnc(-c2ccncc2)o1)c1sc2ccccc2c1O. The topological polar surface area (TPSA) is 89.1 Å². The number of thiophene rings is 1. The van der Waals surface area contributed by atoms with Crippen LogP contribution in [0.5, 0.6) is 5.75 Å². The molecule has 0 saturated carbocycles. The number of carbonyl (C=O) groups excluding carboxylic acids is 1. The van der Waals surface area contributed by atoms with Crippen LogP contribution in [-0.2, 0) is 0 Å². The summed E-state index contributed by atoms with van der Waals surface area (Å²) < 4.78 is 6.43. The Morgan fingerprint density at radius 2 is 1.96 bits per heavy atom. The number of thioether (sulfide) groups is 1. The third-order valence-electron chi connectivity index (χ3n) is 3.48. The zero-order chi connectivity index (χ0) is 17.2. The Hall–Kier alpha value is -2.71. The molecule has 0 saturated heterocycles. The van der Waals surface area contributed by atoms with Crippen molar-refractivity contribution in [3.8, 4) is 17.2 Å². The first-order valence-corrected chi connectivity index (χ1v) is 9.13. The highest BCUT2D eigenvalue weighted by atomic mass is 32.2. The fraction of sp³-hybridized carbons (Fsp3) is 0.0588. The number of rotatable bonds is 5. The smallest absolute Gasteiger partial charge is 0.277 e. The largest absolute Gasteiger partial charge is 0.506 e. The maximum absolute atomic E-state index is 12.4. The molecule has 1 N–H and O–H groups in total. The van der Waals surface area contributed by atoms with Crippen LogP contribution in [0.15, 0.2) is 58.4 Å². The second-order valence-electron chi connectivity index (χ2n) is 5.10. The van der Waals surface area contributed by atoms with Gasteiger partial charge in [-0.15, -0.1) is 21.5 Å². The fourth-order valence-corrected chi connectivity index (χ4v) is 4.05. The van der Waals surface area contributed by atoms with Gasteiger partial charge in [0.1, 0.15) is 10.6 Å². The molecule has 0 aliphatic carbocycles. The number of pyridine rings is 1. The summed E-state index contributed by atoms with van der Waals surface area (Å²) in [6.07, 6.45) is 3.28. The van der Waals surface area contributed by atoms with Crippen LogP contribution < -0.4 is 0 Å². The first-order chi connectivity index (χ1) is 12.2. The first-order valence-electron chi connectivity index (χ1n) is 7.33. The van der Waals surface area contributed by atoms with Crippen LogP contribution in [0.2, 0.25) is 0 Å². The van der Waals surface area contributed by atoms with E-state index in [0.29, 0.717) is 21.4 Å². The van der Waals surface area contributed by atoms with Gasteiger partial charge in [0.2, 0.25) is 5.89 Å². The van der Waals surface area contributed by atoms with Gasteiger partial charge in [0.15, 0.2) is 5.78 Å². The molecule has 8 heteroatoms. The molecule has 6 nitrogen and oxygen atoms in total. The lowest BCUT2D eigenvalue weighted by Crippen LogP contribution is -1.99. The minimum Gasteiger partial charge on any atom is -0.506 e. The van der Waals surface area contributed by atoms with E-state index in [-0.39, 0.29) is 17.3 Å². The van der Waals surface area contributed by atoms with Crippen molar-refractivity contribution in [3.05, 3.63) is 53.7 Å². The molecule has 4 rings (SSSR count). The van der Waals surface area contributed by atoms with E-state index < -0.39 is 0 Å². The minimum absolute atomic E-state index is 0.0363. The molecule has 0 atom stereocenters. The van der Waals surface area contributed by atoms with Crippen molar-refractivity contribution < 1.29 is 14.3 Å². The van der Waals surface area contributed by atoms with Gasteiger partial charge in [0.25, 0.3) is 5.22 Å². The molecule has 0 spiro atoms. The molecule has 0 fully saturated rings. The van der Waals surface area contributed by atoms with Crippen molar-refractivity contribution in [2.75, 3.05) is 5.75 Å². The lowest BCUT2D eigenvalue weighted by Gasteiger charge is -1.96. The van der Waals surface area contributed by atoms with Gasteiger partial charge in [-0.05, 0) is 24.3 Å². The normalized spacial score (nSPS) is 11.0. The molecule has 0 bridgehead atoms. The third-order valence-corrected chi connectivity index (χ3v) is 5.50. The first kappa shape index (κ1) is 15.8. The molecule has 0 radical (unpaired) electrons. The van der Waals surface area contributed by atoms with Crippen molar-refractivity contribution in [1.29, 1.82) is 0 Å². The number of carbonyl (C=O) groups is 1. The zero-order valence-corrected chi connectivity index (χ0v) is 14.4. The van der Waals surface area contributed by atoms with Crippen LogP contribution in [0.3, 0.4) is 0 Å². The van der Waals surface area contributed by atoms with Crippen LogP contribution in [0.4, 0.5) is 0 Å². The van der Waals surface area contributed by atoms with E-state index in [1.54, 1.807) is 30.6 Å². The second-order valence-corrected chi connectivity index (χ2v) is 7.08. The maximum Gasteiger partial charge on any atom is 0.277 e. The molecule has 1 aromatic carbocycles. The average Bonchev–Trinajstić information content (AvgIpc) is 3.26. The second kappa shape index (κ2) is 6.66. The summed E-state index contributed by atoms with van der Waals surface area (Å²) in [5, 5.41) is 19.1. The third kappa shape index (κ3) is 3.13. The Balaban J connectivity index is 1.48. The molecule has 0 aliphatic heterocycles. The van der Waals surface area contributed by atoms with E-state index in [1.165, 1.54) is 11.3 Å². The number of Topliss-reactive ketones (excluding diaryl/α,β-unsaturated/α-hetero) is 1. The predicted molar refractivity (Wildman–Crippen MR) is 96.1 cm³/mol. The highest BCUT2D eigenvalue weighted by molar-refractivity contribution is 7.99. The number of ketones is 1. The molecule has 0 amide bonds.